The Labute approximate surface area is 114 Å². The van der Waals surface area contributed by atoms with E-state index in [0.717, 1.165) is 44.3 Å². The largest absolute Gasteiger partial charge is 0.492 e. The molecule has 0 spiro atoms. The number of benzene rings is 1. The summed E-state index contributed by atoms with van der Waals surface area (Å²) in [6.07, 6.45) is 1.01. The van der Waals surface area contributed by atoms with Gasteiger partial charge in [0.05, 0.1) is 11.6 Å². The summed E-state index contributed by atoms with van der Waals surface area (Å²) in [5, 5.41) is 7.46. The lowest BCUT2D eigenvalue weighted by atomic mass is 10.0. The lowest BCUT2D eigenvalue weighted by molar-refractivity contribution is 0.332. The van der Waals surface area contributed by atoms with Crippen LogP contribution in [-0.4, -0.2) is 32.8 Å². The molecule has 0 aromatic heterocycles. The maximum Gasteiger partial charge on any atom is 0.137 e. The van der Waals surface area contributed by atoms with Crippen LogP contribution in [0.3, 0.4) is 0 Å². The lowest BCUT2D eigenvalue weighted by Crippen LogP contribution is -2.47. The van der Waals surface area contributed by atoms with E-state index >= 15 is 0 Å². The highest BCUT2D eigenvalue weighted by atomic mass is 35.5. The molecule has 0 radical (unpaired) electrons. The van der Waals surface area contributed by atoms with Gasteiger partial charge in [0.15, 0.2) is 0 Å². The van der Waals surface area contributed by atoms with Crippen molar-refractivity contribution in [1.29, 1.82) is 0 Å². The second-order valence-electron chi connectivity index (χ2n) is 4.68. The van der Waals surface area contributed by atoms with E-state index in [2.05, 4.69) is 16.7 Å². The Morgan fingerprint density at radius 2 is 2.28 bits per heavy atom. The van der Waals surface area contributed by atoms with Crippen molar-refractivity contribution in [2.45, 2.75) is 13.3 Å². The van der Waals surface area contributed by atoms with Crippen LogP contribution in [-0.2, 0) is 6.42 Å². The molecule has 1 saturated heterocycles. The zero-order valence-corrected chi connectivity index (χ0v) is 11.6. The smallest absolute Gasteiger partial charge is 0.137 e. The monoisotopic (exact) mass is 268 g/mol. The number of hydrogen-bond acceptors (Lipinski definition) is 3. The van der Waals surface area contributed by atoms with Gasteiger partial charge >= 0.3 is 0 Å². The molecule has 4 heteroatoms. The van der Waals surface area contributed by atoms with Gasteiger partial charge in [0.2, 0.25) is 0 Å². The van der Waals surface area contributed by atoms with Gasteiger partial charge in [-0.1, -0.05) is 17.7 Å². The first-order chi connectivity index (χ1) is 8.79. The highest BCUT2D eigenvalue weighted by Crippen LogP contribution is 2.25. The molecule has 1 aliphatic heterocycles. The molecule has 1 aromatic rings. The first-order valence-corrected chi connectivity index (χ1v) is 7.00. The summed E-state index contributed by atoms with van der Waals surface area (Å²) in [7, 11) is 0. The van der Waals surface area contributed by atoms with Crippen LogP contribution >= 0.6 is 11.6 Å². The zero-order chi connectivity index (χ0) is 12.8. The van der Waals surface area contributed by atoms with Crippen molar-refractivity contribution in [3.05, 3.63) is 28.8 Å². The number of hydrogen-bond donors (Lipinski definition) is 2. The SMILES string of the molecule is CCOc1ccc(CCNCC2CNC2)cc1Cl. The minimum atomic E-state index is 0.649. The highest BCUT2D eigenvalue weighted by molar-refractivity contribution is 6.32. The molecule has 0 bridgehead atoms. The van der Waals surface area contributed by atoms with E-state index in [1.807, 2.05) is 19.1 Å². The summed E-state index contributed by atoms with van der Waals surface area (Å²) in [6, 6.07) is 6.04. The molecule has 1 aliphatic rings. The van der Waals surface area contributed by atoms with Gasteiger partial charge in [-0.15, -0.1) is 0 Å². The third-order valence-electron chi connectivity index (χ3n) is 3.19. The average Bonchev–Trinajstić information content (AvgIpc) is 2.30. The number of ether oxygens (including phenoxy) is 1. The van der Waals surface area contributed by atoms with Gasteiger partial charge in [0.25, 0.3) is 0 Å². The quantitative estimate of drug-likeness (QED) is 0.743. The summed E-state index contributed by atoms with van der Waals surface area (Å²) in [6.45, 7) is 7.03. The molecule has 1 aromatic carbocycles. The average molecular weight is 269 g/mol. The fourth-order valence-electron chi connectivity index (χ4n) is 2.00. The maximum atomic E-state index is 6.15. The van der Waals surface area contributed by atoms with Crippen LogP contribution in [0, 0.1) is 5.92 Å². The van der Waals surface area contributed by atoms with E-state index < -0.39 is 0 Å². The molecular weight excluding hydrogens is 248 g/mol. The molecule has 2 rings (SSSR count). The van der Waals surface area contributed by atoms with Crippen LogP contribution in [0.5, 0.6) is 5.75 Å². The second kappa shape index (κ2) is 6.98. The van der Waals surface area contributed by atoms with E-state index in [9.17, 15) is 0 Å². The summed E-state index contributed by atoms with van der Waals surface area (Å²) in [4.78, 5) is 0. The summed E-state index contributed by atoms with van der Waals surface area (Å²) < 4.78 is 5.42. The minimum Gasteiger partial charge on any atom is -0.492 e. The molecule has 0 unspecified atom stereocenters. The van der Waals surface area contributed by atoms with Crippen LogP contribution < -0.4 is 15.4 Å². The van der Waals surface area contributed by atoms with E-state index in [1.165, 1.54) is 5.56 Å². The van der Waals surface area contributed by atoms with Crippen molar-refractivity contribution in [2.24, 2.45) is 5.92 Å². The third-order valence-corrected chi connectivity index (χ3v) is 3.48. The molecule has 100 valence electrons. The van der Waals surface area contributed by atoms with Crippen LogP contribution in [0.25, 0.3) is 0 Å². The number of nitrogens with one attached hydrogen (secondary N) is 2. The lowest BCUT2D eigenvalue weighted by Gasteiger charge is -2.27. The van der Waals surface area contributed by atoms with Crippen LogP contribution in [0.2, 0.25) is 5.02 Å². The number of rotatable bonds is 7. The Bertz CT molecular complexity index is 380. The molecule has 3 nitrogen and oxygen atoms in total. The van der Waals surface area contributed by atoms with Gasteiger partial charge in [0.1, 0.15) is 5.75 Å². The molecule has 1 fully saturated rings. The Morgan fingerprint density at radius 1 is 1.44 bits per heavy atom. The minimum absolute atomic E-state index is 0.649. The molecule has 0 saturated carbocycles. The highest BCUT2D eigenvalue weighted by Gasteiger charge is 2.15. The summed E-state index contributed by atoms with van der Waals surface area (Å²) >= 11 is 6.15. The number of halogens is 1. The van der Waals surface area contributed by atoms with Crippen molar-refractivity contribution in [1.82, 2.24) is 10.6 Å². The van der Waals surface area contributed by atoms with Gasteiger partial charge in [-0.2, -0.15) is 0 Å². The van der Waals surface area contributed by atoms with E-state index in [-0.39, 0.29) is 0 Å². The third kappa shape index (κ3) is 3.87. The van der Waals surface area contributed by atoms with Crippen molar-refractivity contribution < 1.29 is 4.74 Å². The predicted molar refractivity (Wildman–Crippen MR) is 75.6 cm³/mol. The Morgan fingerprint density at radius 3 is 2.89 bits per heavy atom. The van der Waals surface area contributed by atoms with Crippen LogP contribution in [0.15, 0.2) is 18.2 Å². The Balaban J connectivity index is 1.73. The van der Waals surface area contributed by atoms with Gasteiger partial charge in [-0.05, 0) is 43.5 Å². The van der Waals surface area contributed by atoms with Crippen molar-refractivity contribution in [3.63, 3.8) is 0 Å². The molecule has 1 heterocycles. The molecule has 18 heavy (non-hydrogen) atoms. The summed E-state index contributed by atoms with van der Waals surface area (Å²) in [5.74, 6) is 1.59. The Hall–Kier alpha value is -0.770. The standard InChI is InChI=1S/C14H21ClN2O/c1-2-18-14-4-3-11(7-13(14)15)5-6-16-8-12-9-17-10-12/h3-4,7,12,16-17H,2,5-6,8-10H2,1H3. The molecular formula is C14H21ClN2O. The zero-order valence-electron chi connectivity index (χ0n) is 10.8. The topological polar surface area (TPSA) is 33.3 Å². The van der Waals surface area contributed by atoms with Gasteiger partial charge in [-0.25, -0.2) is 0 Å². The van der Waals surface area contributed by atoms with Crippen molar-refractivity contribution in [2.75, 3.05) is 32.8 Å². The van der Waals surface area contributed by atoms with Crippen molar-refractivity contribution in [3.8, 4) is 5.75 Å². The van der Waals surface area contributed by atoms with Gasteiger partial charge < -0.3 is 15.4 Å². The second-order valence-corrected chi connectivity index (χ2v) is 5.08. The first-order valence-electron chi connectivity index (χ1n) is 6.62. The Kier molecular flexibility index (Phi) is 5.29. The van der Waals surface area contributed by atoms with E-state index in [4.69, 9.17) is 16.3 Å². The first kappa shape index (κ1) is 13.7. The maximum absolute atomic E-state index is 6.15. The molecule has 2 N–H and O–H groups in total. The summed E-state index contributed by atoms with van der Waals surface area (Å²) in [5.41, 5.74) is 1.25. The predicted octanol–water partition coefficient (Wildman–Crippen LogP) is 2.09. The van der Waals surface area contributed by atoms with Gasteiger partial charge in [0, 0.05) is 19.6 Å². The normalized spacial score (nSPS) is 15.4. The molecule has 0 atom stereocenters. The van der Waals surface area contributed by atoms with Crippen molar-refractivity contribution >= 4 is 11.6 Å². The molecule has 0 amide bonds. The fraction of sp³-hybridized carbons (Fsp3) is 0.571. The fourth-order valence-corrected chi connectivity index (χ4v) is 2.26. The van der Waals surface area contributed by atoms with Crippen LogP contribution in [0.4, 0.5) is 0 Å². The molecule has 0 aliphatic carbocycles. The van der Waals surface area contributed by atoms with Crippen LogP contribution in [0.1, 0.15) is 12.5 Å². The van der Waals surface area contributed by atoms with E-state index in [1.54, 1.807) is 0 Å². The van der Waals surface area contributed by atoms with E-state index in [0.29, 0.717) is 11.6 Å². The van der Waals surface area contributed by atoms with Gasteiger partial charge in [-0.3, -0.25) is 0 Å².